The van der Waals surface area contributed by atoms with Crippen molar-refractivity contribution in [1.82, 2.24) is 4.90 Å². The van der Waals surface area contributed by atoms with Gasteiger partial charge in [-0.05, 0) is 66.6 Å². The Morgan fingerprint density at radius 1 is 1.30 bits per heavy atom. The van der Waals surface area contributed by atoms with E-state index in [4.69, 9.17) is 4.42 Å². The first kappa shape index (κ1) is 13.7. The van der Waals surface area contributed by atoms with Crippen molar-refractivity contribution >= 4 is 28.5 Å². The average Bonchev–Trinajstić information content (AvgIpc) is 3.12. The highest BCUT2D eigenvalue weighted by molar-refractivity contribution is 14.1. The van der Waals surface area contributed by atoms with E-state index in [0.29, 0.717) is 6.04 Å². The summed E-state index contributed by atoms with van der Waals surface area (Å²) < 4.78 is 6.47. The van der Waals surface area contributed by atoms with Gasteiger partial charge in [0.05, 0.1) is 17.9 Å². The summed E-state index contributed by atoms with van der Waals surface area (Å²) in [5, 5.41) is 0. The fraction of sp³-hybridized carbons (Fsp3) is 0.312. The quantitative estimate of drug-likeness (QED) is 0.742. The summed E-state index contributed by atoms with van der Waals surface area (Å²) in [6.07, 6.45) is 3.83. The number of amides is 1. The summed E-state index contributed by atoms with van der Waals surface area (Å²) in [4.78, 5) is 14.8. The van der Waals surface area contributed by atoms with Gasteiger partial charge in [-0.25, -0.2) is 0 Å². The van der Waals surface area contributed by atoms with Gasteiger partial charge in [0.15, 0.2) is 0 Å². The third-order valence-electron chi connectivity index (χ3n) is 3.65. The number of carbonyl (C=O) groups excluding carboxylic acids is 1. The van der Waals surface area contributed by atoms with Gasteiger partial charge in [-0.3, -0.25) is 4.79 Å². The Morgan fingerprint density at radius 2 is 2.05 bits per heavy atom. The average molecular weight is 381 g/mol. The molecule has 1 aromatic carbocycles. The molecule has 1 unspecified atom stereocenters. The number of rotatable bonds is 4. The molecule has 0 aliphatic heterocycles. The lowest BCUT2D eigenvalue weighted by atomic mass is 10.1. The third kappa shape index (κ3) is 2.61. The van der Waals surface area contributed by atoms with Crippen LogP contribution >= 0.6 is 22.6 Å². The van der Waals surface area contributed by atoms with Crippen LogP contribution in [0, 0.1) is 3.57 Å². The highest BCUT2D eigenvalue weighted by Gasteiger charge is 2.37. The van der Waals surface area contributed by atoms with E-state index in [-0.39, 0.29) is 11.9 Å². The number of carbonyl (C=O) groups is 1. The minimum absolute atomic E-state index is 0.0268. The highest BCUT2D eigenvalue weighted by Crippen LogP contribution is 2.36. The molecule has 1 fully saturated rings. The maximum absolute atomic E-state index is 12.9. The van der Waals surface area contributed by atoms with Gasteiger partial charge < -0.3 is 9.32 Å². The molecule has 1 heterocycles. The van der Waals surface area contributed by atoms with Crippen molar-refractivity contribution in [1.29, 1.82) is 0 Å². The fourth-order valence-corrected chi connectivity index (χ4v) is 3.07. The molecule has 0 bridgehead atoms. The van der Waals surface area contributed by atoms with Crippen molar-refractivity contribution in [2.45, 2.75) is 31.8 Å². The lowest BCUT2D eigenvalue weighted by Gasteiger charge is -2.28. The maximum Gasteiger partial charge on any atom is 0.255 e. The van der Waals surface area contributed by atoms with Crippen LogP contribution in [0.4, 0.5) is 0 Å². The largest absolute Gasteiger partial charge is 0.467 e. The Balaban J connectivity index is 1.91. The normalized spacial score (nSPS) is 15.9. The van der Waals surface area contributed by atoms with Crippen molar-refractivity contribution in [2.24, 2.45) is 0 Å². The standard InChI is InChI=1S/C16H16INO2/c1-11(15-7-4-10-20-15)18(12-8-9-12)16(19)13-5-2-3-6-14(13)17/h2-7,10-12H,8-9H2,1H3. The Hall–Kier alpha value is -1.30. The molecule has 104 valence electrons. The van der Waals surface area contributed by atoms with Gasteiger partial charge in [-0.15, -0.1) is 0 Å². The van der Waals surface area contributed by atoms with Crippen molar-refractivity contribution in [3.8, 4) is 0 Å². The number of benzene rings is 1. The van der Waals surface area contributed by atoms with E-state index in [1.54, 1.807) is 6.26 Å². The molecule has 20 heavy (non-hydrogen) atoms. The van der Waals surface area contributed by atoms with Gasteiger partial charge in [0.2, 0.25) is 0 Å². The molecule has 1 amide bonds. The second-order valence-corrected chi connectivity index (χ2v) is 6.28. The van der Waals surface area contributed by atoms with Gasteiger partial charge in [-0.2, -0.15) is 0 Å². The van der Waals surface area contributed by atoms with E-state index >= 15 is 0 Å². The van der Waals surface area contributed by atoms with E-state index in [1.807, 2.05) is 48.2 Å². The zero-order valence-corrected chi connectivity index (χ0v) is 13.4. The minimum Gasteiger partial charge on any atom is -0.467 e. The molecule has 4 heteroatoms. The van der Waals surface area contributed by atoms with E-state index in [0.717, 1.165) is 27.7 Å². The lowest BCUT2D eigenvalue weighted by molar-refractivity contribution is 0.0651. The summed E-state index contributed by atoms with van der Waals surface area (Å²) in [6.45, 7) is 2.03. The van der Waals surface area contributed by atoms with Crippen LogP contribution in [-0.2, 0) is 0 Å². The second-order valence-electron chi connectivity index (χ2n) is 5.11. The van der Waals surface area contributed by atoms with Crippen molar-refractivity contribution < 1.29 is 9.21 Å². The summed E-state index contributed by atoms with van der Waals surface area (Å²) >= 11 is 2.22. The summed E-state index contributed by atoms with van der Waals surface area (Å²) in [7, 11) is 0. The third-order valence-corrected chi connectivity index (χ3v) is 4.59. The maximum atomic E-state index is 12.9. The van der Waals surface area contributed by atoms with Crippen molar-refractivity contribution in [3.63, 3.8) is 0 Å². The molecule has 0 N–H and O–H groups in total. The van der Waals surface area contributed by atoms with Gasteiger partial charge in [-0.1, -0.05) is 12.1 Å². The molecule has 1 aromatic heterocycles. The van der Waals surface area contributed by atoms with Gasteiger partial charge in [0, 0.05) is 9.61 Å². The topological polar surface area (TPSA) is 33.5 Å². The van der Waals surface area contributed by atoms with E-state index < -0.39 is 0 Å². The lowest BCUT2D eigenvalue weighted by Crippen LogP contribution is -2.35. The Kier molecular flexibility index (Phi) is 3.83. The number of hydrogen-bond acceptors (Lipinski definition) is 2. The summed E-state index contributed by atoms with van der Waals surface area (Å²) in [6, 6.07) is 11.9. The van der Waals surface area contributed by atoms with Crippen LogP contribution in [0.2, 0.25) is 0 Å². The molecule has 1 aliphatic carbocycles. The van der Waals surface area contributed by atoms with Crippen LogP contribution in [0.5, 0.6) is 0 Å². The zero-order valence-electron chi connectivity index (χ0n) is 11.3. The number of nitrogens with zero attached hydrogens (tertiary/aromatic N) is 1. The van der Waals surface area contributed by atoms with Crippen LogP contribution in [0.25, 0.3) is 0 Å². The molecule has 2 aromatic rings. The number of furan rings is 1. The Morgan fingerprint density at radius 3 is 2.65 bits per heavy atom. The number of hydrogen-bond donors (Lipinski definition) is 0. The number of halogens is 1. The molecule has 1 aliphatic rings. The van der Waals surface area contributed by atoms with Gasteiger partial charge >= 0.3 is 0 Å². The van der Waals surface area contributed by atoms with Crippen LogP contribution in [0.1, 0.15) is 41.9 Å². The first-order chi connectivity index (χ1) is 9.68. The first-order valence-corrected chi connectivity index (χ1v) is 7.87. The molecule has 0 radical (unpaired) electrons. The van der Waals surface area contributed by atoms with Crippen molar-refractivity contribution in [3.05, 3.63) is 57.6 Å². The molecule has 1 atom stereocenters. The molecular weight excluding hydrogens is 365 g/mol. The minimum atomic E-state index is -0.0268. The first-order valence-electron chi connectivity index (χ1n) is 6.79. The Bertz CT molecular complexity index is 605. The smallest absolute Gasteiger partial charge is 0.255 e. The van der Waals surface area contributed by atoms with Crippen LogP contribution in [0.15, 0.2) is 47.1 Å². The van der Waals surface area contributed by atoms with E-state index in [9.17, 15) is 4.79 Å². The van der Waals surface area contributed by atoms with Crippen LogP contribution in [0.3, 0.4) is 0 Å². The van der Waals surface area contributed by atoms with Gasteiger partial charge in [0.1, 0.15) is 5.76 Å². The van der Waals surface area contributed by atoms with Gasteiger partial charge in [0.25, 0.3) is 5.91 Å². The molecule has 3 nitrogen and oxygen atoms in total. The SMILES string of the molecule is CC(c1ccco1)N(C(=O)c1ccccc1I)C1CC1. The summed E-state index contributed by atoms with van der Waals surface area (Å²) in [5.74, 6) is 0.942. The molecule has 0 spiro atoms. The monoisotopic (exact) mass is 381 g/mol. The van der Waals surface area contributed by atoms with E-state index in [2.05, 4.69) is 22.6 Å². The second kappa shape index (κ2) is 5.60. The molecule has 0 saturated heterocycles. The Labute approximate surface area is 132 Å². The fourth-order valence-electron chi connectivity index (χ4n) is 2.45. The van der Waals surface area contributed by atoms with Crippen LogP contribution in [-0.4, -0.2) is 16.8 Å². The van der Waals surface area contributed by atoms with Crippen LogP contribution < -0.4 is 0 Å². The molecular formula is C16H16INO2. The van der Waals surface area contributed by atoms with E-state index in [1.165, 1.54) is 0 Å². The highest BCUT2D eigenvalue weighted by atomic mass is 127. The van der Waals surface area contributed by atoms with Crippen molar-refractivity contribution in [2.75, 3.05) is 0 Å². The zero-order chi connectivity index (χ0) is 14.1. The molecule has 3 rings (SSSR count). The predicted molar refractivity (Wildman–Crippen MR) is 85.5 cm³/mol. The predicted octanol–water partition coefficient (Wildman–Crippen LogP) is 4.25. The molecule has 1 saturated carbocycles. The summed E-state index contributed by atoms with van der Waals surface area (Å²) in [5.41, 5.74) is 0.776.